The van der Waals surface area contributed by atoms with Gasteiger partial charge in [-0.2, -0.15) is 13.2 Å². The van der Waals surface area contributed by atoms with Gasteiger partial charge in [-0.05, 0) is 29.4 Å². The van der Waals surface area contributed by atoms with Crippen molar-refractivity contribution in [3.63, 3.8) is 0 Å². The van der Waals surface area contributed by atoms with E-state index in [1.165, 1.54) is 4.58 Å². The molecule has 0 bridgehead atoms. The van der Waals surface area contributed by atoms with Gasteiger partial charge >= 0.3 is 12.1 Å². The number of ether oxygens (including phenoxy) is 1. The number of hydrogen-bond acceptors (Lipinski definition) is 4. The highest BCUT2D eigenvalue weighted by molar-refractivity contribution is 6.07. The summed E-state index contributed by atoms with van der Waals surface area (Å²) in [5, 5.41) is 13.2. The number of esters is 1. The Morgan fingerprint density at radius 1 is 1.09 bits per heavy atom. The Hall–Kier alpha value is -2.64. The average Bonchev–Trinajstić information content (AvgIpc) is 2.74. The van der Waals surface area contributed by atoms with Gasteiger partial charge < -0.3 is 9.84 Å². The molecule has 1 fully saturated rings. The lowest BCUT2D eigenvalue weighted by molar-refractivity contribution is -0.546. The summed E-state index contributed by atoms with van der Waals surface area (Å²) < 4.78 is 49.7. The van der Waals surface area contributed by atoms with Crippen molar-refractivity contribution in [1.29, 1.82) is 0 Å². The van der Waals surface area contributed by atoms with Crippen molar-refractivity contribution < 1.29 is 37.2 Å². The van der Waals surface area contributed by atoms with Gasteiger partial charge in [-0.25, -0.2) is 4.58 Å². The summed E-state index contributed by atoms with van der Waals surface area (Å²) in [6, 6.07) is 8.03. The van der Waals surface area contributed by atoms with Gasteiger partial charge in [-0.1, -0.05) is 44.2 Å². The summed E-state index contributed by atoms with van der Waals surface area (Å²) >= 11 is 0. The Morgan fingerprint density at radius 3 is 2.21 bits per heavy atom. The van der Waals surface area contributed by atoms with Crippen LogP contribution >= 0.6 is 0 Å². The minimum atomic E-state index is -4.84. The molecular formula is C25H30F3NO4. The highest BCUT2D eigenvalue weighted by Gasteiger charge is 2.56. The predicted octanol–water partition coefficient (Wildman–Crippen LogP) is 3.76. The van der Waals surface area contributed by atoms with E-state index in [-0.39, 0.29) is 31.5 Å². The Bertz CT molecular complexity index is 956. The third-order valence-electron chi connectivity index (χ3n) is 6.42. The normalized spacial score (nSPS) is 20.9. The zero-order valence-corrected chi connectivity index (χ0v) is 19.2. The third-order valence-corrected chi connectivity index (χ3v) is 6.42. The number of ketones is 1. The van der Waals surface area contributed by atoms with Crippen LogP contribution in [0.4, 0.5) is 13.2 Å². The van der Waals surface area contributed by atoms with E-state index in [4.69, 9.17) is 4.74 Å². The maximum absolute atomic E-state index is 14.5. The first-order chi connectivity index (χ1) is 15.5. The van der Waals surface area contributed by atoms with Crippen LogP contribution in [0.15, 0.2) is 41.7 Å². The van der Waals surface area contributed by atoms with E-state index >= 15 is 0 Å². The van der Waals surface area contributed by atoms with Crippen LogP contribution < -0.4 is 5.11 Å². The second kappa shape index (κ2) is 9.69. The lowest BCUT2D eigenvalue weighted by Gasteiger charge is -2.39. The van der Waals surface area contributed by atoms with Crippen LogP contribution in [0.3, 0.4) is 0 Å². The molecule has 0 N–H and O–H groups in total. The van der Waals surface area contributed by atoms with Gasteiger partial charge in [-0.15, -0.1) is 5.76 Å². The molecule has 0 amide bonds. The molecule has 33 heavy (non-hydrogen) atoms. The molecule has 180 valence electrons. The van der Waals surface area contributed by atoms with Crippen LogP contribution in [0, 0.1) is 11.3 Å². The standard InChI is InChI=1S/C25H30F3NO4/c1-24(2)14-17(30)20(18(31)15-24)19(16-10-6-4-7-11-16)21(23(32)33-3)22(25(26,27)28)29-12-8-5-9-13-29/h4,6-7,10-11,19,21H,5,8-9,12-15H2,1-3H3/t19-,21+/m1/s1. The zero-order chi connectivity index (χ0) is 24.4. The molecule has 2 atom stereocenters. The quantitative estimate of drug-likeness (QED) is 0.491. The number of halogens is 3. The summed E-state index contributed by atoms with van der Waals surface area (Å²) in [7, 11) is 1.03. The van der Waals surface area contributed by atoms with Crippen molar-refractivity contribution >= 4 is 17.5 Å². The maximum Gasteiger partial charge on any atom is 0.473 e. The summed E-state index contributed by atoms with van der Waals surface area (Å²) in [6.45, 7) is 3.84. The van der Waals surface area contributed by atoms with Crippen molar-refractivity contribution in [3.05, 3.63) is 47.2 Å². The number of carbonyl (C=O) groups is 2. The fourth-order valence-electron chi connectivity index (χ4n) is 5.03. The van der Waals surface area contributed by atoms with Gasteiger partial charge in [0.2, 0.25) is 0 Å². The van der Waals surface area contributed by atoms with Crippen molar-refractivity contribution in [2.45, 2.75) is 58.0 Å². The molecule has 1 aromatic rings. The molecule has 1 aromatic carbocycles. The fraction of sp³-hybridized carbons (Fsp3) is 0.560. The first-order valence-electron chi connectivity index (χ1n) is 11.2. The molecule has 0 spiro atoms. The minimum absolute atomic E-state index is 0.0242. The van der Waals surface area contributed by atoms with Crippen molar-refractivity contribution in [3.8, 4) is 0 Å². The van der Waals surface area contributed by atoms with Gasteiger partial charge in [-0.3, -0.25) is 9.59 Å². The first kappa shape index (κ1) is 25.0. The molecule has 1 saturated heterocycles. The number of rotatable bonds is 5. The van der Waals surface area contributed by atoms with E-state index in [0.717, 1.165) is 13.5 Å². The number of nitrogens with zero attached hydrogens (tertiary/aromatic N) is 1. The van der Waals surface area contributed by atoms with Gasteiger partial charge in [0.05, 0.1) is 7.11 Å². The van der Waals surface area contributed by atoms with E-state index in [1.807, 2.05) is 0 Å². The molecule has 0 saturated carbocycles. The topological polar surface area (TPSA) is 69.4 Å². The molecule has 0 unspecified atom stereocenters. The van der Waals surface area contributed by atoms with Gasteiger partial charge in [0, 0.05) is 25.2 Å². The van der Waals surface area contributed by atoms with E-state index in [9.17, 15) is 27.9 Å². The van der Waals surface area contributed by atoms with E-state index in [1.54, 1.807) is 44.2 Å². The summed E-state index contributed by atoms with van der Waals surface area (Å²) in [5.41, 5.74) is -1.57. The number of carbonyl (C=O) groups excluding carboxylic acids is 2. The maximum atomic E-state index is 14.5. The molecular weight excluding hydrogens is 435 g/mol. The minimum Gasteiger partial charge on any atom is -0.875 e. The predicted molar refractivity (Wildman–Crippen MR) is 115 cm³/mol. The monoisotopic (exact) mass is 465 g/mol. The second-order valence-corrected chi connectivity index (χ2v) is 9.60. The first-order valence-corrected chi connectivity index (χ1v) is 11.2. The fourth-order valence-corrected chi connectivity index (χ4v) is 5.03. The number of hydrogen-bond donors (Lipinski definition) is 0. The largest absolute Gasteiger partial charge is 0.875 e. The highest BCUT2D eigenvalue weighted by Crippen LogP contribution is 2.45. The van der Waals surface area contributed by atoms with Crippen LogP contribution in [-0.4, -0.2) is 48.4 Å². The Balaban J connectivity index is 2.31. The summed E-state index contributed by atoms with van der Waals surface area (Å²) in [5.74, 6) is -5.38. The van der Waals surface area contributed by atoms with E-state index in [0.29, 0.717) is 18.4 Å². The molecule has 8 heteroatoms. The number of Topliss-reactive ketones (excluding diaryl/α,β-unsaturated/α-hetero) is 1. The number of allylic oxidation sites excluding steroid dienone is 2. The number of piperidine rings is 1. The summed E-state index contributed by atoms with van der Waals surface area (Å²) in [4.78, 5) is 26.2. The molecule has 1 aliphatic heterocycles. The molecule has 1 aliphatic carbocycles. The highest BCUT2D eigenvalue weighted by atomic mass is 19.4. The molecule has 0 radical (unpaired) electrons. The summed E-state index contributed by atoms with van der Waals surface area (Å²) in [6.07, 6.45) is -2.87. The Kier molecular flexibility index (Phi) is 7.34. The lowest BCUT2D eigenvalue weighted by Crippen LogP contribution is -2.48. The Morgan fingerprint density at radius 2 is 1.70 bits per heavy atom. The smallest absolute Gasteiger partial charge is 0.473 e. The van der Waals surface area contributed by atoms with Gasteiger partial charge in [0.25, 0.3) is 5.71 Å². The van der Waals surface area contributed by atoms with Crippen molar-refractivity contribution in [2.75, 3.05) is 20.2 Å². The number of benzene rings is 1. The second-order valence-electron chi connectivity index (χ2n) is 9.60. The third kappa shape index (κ3) is 5.47. The Labute approximate surface area is 191 Å². The van der Waals surface area contributed by atoms with Crippen molar-refractivity contribution in [1.82, 2.24) is 0 Å². The van der Waals surface area contributed by atoms with Crippen LogP contribution in [0.2, 0.25) is 0 Å². The van der Waals surface area contributed by atoms with Crippen molar-refractivity contribution in [2.24, 2.45) is 11.3 Å². The van der Waals surface area contributed by atoms with Crippen LogP contribution in [-0.2, 0) is 14.3 Å². The molecule has 5 nitrogen and oxygen atoms in total. The molecule has 1 heterocycles. The number of alkyl halides is 3. The SMILES string of the molecule is COC(=O)[C@H](C(=[N+]1CCCCC1)C(F)(F)F)[C@@H](C1=C([O-])CC(C)(C)CC1=O)c1ccccc1. The van der Waals surface area contributed by atoms with Gasteiger partial charge in [0.1, 0.15) is 13.1 Å². The zero-order valence-electron chi connectivity index (χ0n) is 19.2. The molecule has 3 rings (SSSR count). The van der Waals surface area contributed by atoms with E-state index < -0.39 is 46.7 Å². The molecule has 0 aromatic heterocycles. The van der Waals surface area contributed by atoms with E-state index in [2.05, 4.69) is 0 Å². The molecule has 2 aliphatic rings. The lowest BCUT2D eigenvalue weighted by atomic mass is 9.68. The van der Waals surface area contributed by atoms with Crippen LogP contribution in [0.1, 0.15) is 57.4 Å². The average molecular weight is 466 g/mol. The van der Waals surface area contributed by atoms with Gasteiger partial charge in [0.15, 0.2) is 11.7 Å². The van der Waals surface area contributed by atoms with Crippen LogP contribution in [0.25, 0.3) is 0 Å². The van der Waals surface area contributed by atoms with Crippen LogP contribution in [0.5, 0.6) is 0 Å². The number of methoxy groups -OCH3 is 1.